The summed E-state index contributed by atoms with van der Waals surface area (Å²) in [7, 11) is 0. The van der Waals surface area contributed by atoms with E-state index in [0.717, 1.165) is 43.6 Å². The van der Waals surface area contributed by atoms with Crippen LogP contribution in [0.2, 0.25) is 0 Å². The molecular weight excluding hydrogens is 342 g/mol. The van der Waals surface area contributed by atoms with Crippen LogP contribution < -0.4 is 10.6 Å². The SMILES string of the molecule is O=C(NCc1ccco1)c1noc2c1CC(NCCc1ccccc1)CC2. The Hall–Kier alpha value is -2.86. The van der Waals surface area contributed by atoms with Crippen molar-refractivity contribution in [1.29, 1.82) is 0 Å². The van der Waals surface area contributed by atoms with Crippen LogP contribution in [0.4, 0.5) is 0 Å². The standard InChI is InChI=1S/C21H23N3O3/c25-21(23-14-17-7-4-12-26-17)20-18-13-16(8-9-19(18)27-24-20)22-11-10-15-5-2-1-3-6-15/h1-7,12,16,22H,8-11,13-14H2,(H,23,25). The van der Waals surface area contributed by atoms with Gasteiger partial charge < -0.3 is 19.6 Å². The molecule has 6 heteroatoms. The molecule has 1 aliphatic rings. The summed E-state index contributed by atoms with van der Waals surface area (Å²) in [5.74, 6) is 1.32. The molecule has 0 aliphatic heterocycles. The first-order valence-electron chi connectivity index (χ1n) is 9.35. The van der Waals surface area contributed by atoms with E-state index in [0.29, 0.717) is 24.0 Å². The molecule has 0 bridgehead atoms. The molecule has 2 heterocycles. The van der Waals surface area contributed by atoms with Gasteiger partial charge >= 0.3 is 0 Å². The van der Waals surface area contributed by atoms with Gasteiger partial charge in [0.05, 0.1) is 12.8 Å². The van der Waals surface area contributed by atoms with Crippen molar-refractivity contribution in [3.63, 3.8) is 0 Å². The molecule has 1 aliphatic carbocycles. The highest BCUT2D eigenvalue weighted by molar-refractivity contribution is 5.93. The number of aryl methyl sites for hydroxylation is 1. The number of amides is 1. The Labute approximate surface area is 157 Å². The maximum atomic E-state index is 12.5. The minimum atomic E-state index is -0.221. The van der Waals surface area contributed by atoms with Crippen molar-refractivity contribution in [3.8, 4) is 0 Å². The van der Waals surface area contributed by atoms with Gasteiger partial charge in [-0.05, 0) is 43.5 Å². The minimum Gasteiger partial charge on any atom is -0.467 e. The lowest BCUT2D eigenvalue weighted by Gasteiger charge is -2.22. The molecule has 0 radical (unpaired) electrons. The van der Waals surface area contributed by atoms with Crippen LogP contribution in [0.1, 0.15) is 39.6 Å². The van der Waals surface area contributed by atoms with Gasteiger partial charge in [0.15, 0.2) is 5.69 Å². The zero-order valence-electron chi connectivity index (χ0n) is 15.1. The number of furan rings is 1. The van der Waals surface area contributed by atoms with Gasteiger partial charge in [-0.15, -0.1) is 0 Å². The average Bonchev–Trinajstić information content (AvgIpc) is 3.36. The van der Waals surface area contributed by atoms with Crippen LogP contribution in [0.5, 0.6) is 0 Å². The largest absolute Gasteiger partial charge is 0.467 e. The quantitative estimate of drug-likeness (QED) is 0.673. The Morgan fingerprint density at radius 2 is 2.07 bits per heavy atom. The molecule has 27 heavy (non-hydrogen) atoms. The predicted molar refractivity (Wildman–Crippen MR) is 100 cm³/mol. The molecule has 1 atom stereocenters. The van der Waals surface area contributed by atoms with Gasteiger partial charge in [0.1, 0.15) is 11.5 Å². The molecule has 2 N–H and O–H groups in total. The van der Waals surface area contributed by atoms with Crippen LogP contribution in [0.15, 0.2) is 57.7 Å². The molecule has 140 valence electrons. The van der Waals surface area contributed by atoms with Gasteiger partial charge in [-0.1, -0.05) is 35.5 Å². The Balaban J connectivity index is 1.33. The fraction of sp³-hybridized carbons (Fsp3) is 0.333. The molecule has 1 unspecified atom stereocenters. The summed E-state index contributed by atoms with van der Waals surface area (Å²) in [6.45, 7) is 1.25. The Morgan fingerprint density at radius 3 is 2.89 bits per heavy atom. The lowest BCUT2D eigenvalue weighted by molar-refractivity contribution is 0.0938. The van der Waals surface area contributed by atoms with Crippen LogP contribution in [0.3, 0.4) is 0 Å². The number of nitrogens with one attached hydrogen (secondary N) is 2. The number of hydrogen-bond donors (Lipinski definition) is 2. The van der Waals surface area contributed by atoms with E-state index in [9.17, 15) is 4.79 Å². The Morgan fingerprint density at radius 1 is 1.19 bits per heavy atom. The summed E-state index contributed by atoms with van der Waals surface area (Å²) in [4.78, 5) is 12.5. The van der Waals surface area contributed by atoms with Crippen molar-refractivity contribution in [2.24, 2.45) is 0 Å². The lowest BCUT2D eigenvalue weighted by atomic mass is 9.91. The van der Waals surface area contributed by atoms with Gasteiger partial charge in [0.25, 0.3) is 5.91 Å². The molecule has 1 amide bonds. The Kier molecular flexibility index (Phi) is 5.34. The number of rotatable bonds is 7. The number of carbonyl (C=O) groups excluding carboxylic acids is 1. The van der Waals surface area contributed by atoms with Gasteiger partial charge in [-0.3, -0.25) is 4.79 Å². The van der Waals surface area contributed by atoms with Crippen LogP contribution in [0, 0.1) is 0 Å². The topological polar surface area (TPSA) is 80.3 Å². The Bertz CT molecular complexity index is 871. The van der Waals surface area contributed by atoms with Gasteiger partial charge in [-0.2, -0.15) is 0 Å². The van der Waals surface area contributed by atoms with Crippen LogP contribution >= 0.6 is 0 Å². The van der Waals surface area contributed by atoms with Crippen LogP contribution in [-0.2, 0) is 25.8 Å². The average molecular weight is 365 g/mol. The van der Waals surface area contributed by atoms with Crippen LogP contribution in [-0.4, -0.2) is 23.7 Å². The second-order valence-electron chi connectivity index (χ2n) is 6.82. The molecular formula is C21H23N3O3. The number of aromatic nitrogens is 1. The van der Waals surface area contributed by atoms with E-state index in [-0.39, 0.29) is 5.91 Å². The molecule has 0 saturated heterocycles. The maximum Gasteiger partial charge on any atom is 0.274 e. The molecule has 3 aromatic rings. The zero-order chi connectivity index (χ0) is 18.5. The van der Waals surface area contributed by atoms with E-state index >= 15 is 0 Å². The molecule has 4 rings (SSSR count). The highest BCUT2D eigenvalue weighted by atomic mass is 16.5. The summed E-state index contributed by atoms with van der Waals surface area (Å²) in [5, 5.41) is 10.5. The number of fused-ring (bicyclic) bond motifs is 1. The fourth-order valence-corrected chi connectivity index (χ4v) is 3.49. The summed E-state index contributed by atoms with van der Waals surface area (Å²) in [5.41, 5.74) is 2.64. The molecule has 1 aromatic carbocycles. The summed E-state index contributed by atoms with van der Waals surface area (Å²) < 4.78 is 10.6. The zero-order valence-corrected chi connectivity index (χ0v) is 15.1. The second-order valence-corrected chi connectivity index (χ2v) is 6.82. The number of carbonyl (C=O) groups is 1. The number of benzene rings is 1. The number of nitrogens with zero attached hydrogens (tertiary/aromatic N) is 1. The van der Waals surface area contributed by atoms with E-state index < -0.39 is 0 Å². The van der Waals surface area contributed by atoms with Crippen molar-refractivity contribution < 1.29 is 13.7 Å². The van der Waals surface area contributed by atoms with E-state index in [1.165, 1.54) is 5.56 Å². The summed E-state index contributed by atoms with van der Waals surface area (Å²) >= 11 is 0. The predicted octanol–water partition coefficient (Wildman–Crippen LogP) is 2.89. The van der Waals surface area contributed by atoms with Gasteiger partial charge in [0, 0.05) is 18.0 Å². The van der Waals surface area contributed by atoms with Crippen molar-refractivity contribution in [2.75, 3.05) is 6.54 Å². The first-order valence-corrected chi connectivity index (χ1v) is 9.35. The van der Waals surface area contributed by atoms with Gasteiger partial charge in [-0.25, -0.2) is 0 Å². The highest BCUT2D eigenvalue weighted by Gasteiger charge is 2.28. The smallest absolute Gasteiger partial charge is 0.274 e. The third-order valence-corrected chi connectivity index (χ3v) is 4.95. The van der Waals surface area contributed by atoms with Crippen molar-refractivity contribution in [3.05, 3.63) is 77.1 Å². The summed E-state index contributed by atoms with van der Waals surface area (Å²) in [6.07, 6.45) is 5.13. The van der Waals surface area contributed by atoms with Gasteiger partial charge in [0.2, 0.25) is 0 Å². The van der Waals surface area contributed by atoms with E-state index in [1.807, 2.05) is 12.1 Å². The fourth-order valence-electron chi connectivity index (χ4n) is 3.49. The lowest BCUT2D eigenvalue weighted by Crippen LogP contribution is -2.36. The first kappa shape index (κ1) is 17.5. The molecule has 0 spiro atoms. The first-order chi connectivity index (χ1) is 13.3. The van der Waals surface area contributed by atoms with E-state index in [1.54, 1.807) is 12.3 Å². The highest BCUT2D eigenvalue weighted by Crippen LogP contribution is 2.24. The minimum absolute atomic E-state index is 0.221. The van der Waals surface area contributed by atoms with Crippen molar-refractivity contribution in [1.82, 2.24) is 15.8 Å². The third kappa shape index (κ3) is 4.28. The monoisotopic (exact) mass is 365 g/mol. The van der Waals surface area contributed by atoms with Crippen molar-refractivity contribution in [2.45, 2.75) is 38.3 Å². The van der Waals surface area contributed by atoms with E-state index in [4.69, 9.17) is 8.94 Å². The molecule has 0 saturated carbocycles. The summed E-state index contributed by atoms with van der Waals surface area (Å²) in [6, 6.07) is 14.4. The normalized spacial score (nSPS) is 16.1. The molecule has 0 fully saturated rings. The van der Waals surface area contributed by atoms with E-state index in [2.05, 4.69) is 40.1 Å². The maximum absolute atomic E-state index is 12.5. The third-order valence-electron chi connectivity index (χ3n) is 4.95. The molecule has 6 nitrogen and oxygen atoms in total. The van der Waals surface area contributed by atoms with Crippen molar-refractivity contribution >= 4 is 5.91 Å². The van der Waals surface area contributed by atoms with Crippen LogP contribution in [0.25, 0.3) is 0 Å². The molecule has 2 aromatic heterocycles. The second kappa shape index (κ2) is 8.22. The number of hydrogen-bond acceptors (Lipinski definition) is 5.